The lowest BCUT2D eigenvalue weighted by atomic mass is 10.6. The van der Waals surface area contributed by atoms with Gasteiger partial charge in [-0.15, -0.1) is 0 Å². The molecule has 0 saturated carbocycles. The maximum Gasteiger partial charge on any atom is 0.257 e. The van der Waals surface area contributed by atoms with Crippen molar-refractivity contribution in [2.24, 2.45) is 0 Å². The van der Waals surface area contributed by atoms with Gasteiger partial charge in [-0.2, -0.15) is 5.10 Å². The van der Waals surface area contributed by atoms with Crippen LogP contribution >= 0.6 is 0 Å². The second kappa shape index (κ2) is 4.76. The van der Waals surface area contributed by atoms with Crippen LogP contribution in [0.5, 0.6) is 5.75 Å². The number of halogens is 2. The summed E-state index contributed by atoms with van der Waals surface area (Å²) in [5, 5.41) is 12.0. The fourth-order valence-corrected chi connectivity index (χ4v) is 0.824. The van der Waals surface area contributed by atoms with Gasteiger partial charge in [-0.05, 0) is 0 Å². The molecule has 74 valence electrons. The minimum atomic E-state index is -2.43. The molecule has 1 rings (SSSR count). The van der Waals surface area contributed by atoms with E-state index in [0.717, 1.165) is 4.68 Å². The minimum Gasteiger partial charge on any atom is -0.488 e. The quantitative estimate of drug-likeness (QED) is 0.739. The van der Waals surface area contributed by atoms with Crippen LogP contribution in [0.4, 0.5) is 8.78 Å². The van der Waals surface area contributed by atoms with E-state index in [1.165, 1.54) is 12.4 Å². The third kappa shape index (κ3) is 3.37. The smallest absolute Gasteiger partial charge is 0.257 e. The Labute approximate surface area is 73.7 Å². The molecule has 0 aromatic carbocycles. The van der Waals surface area contributed by atoms with Gasteiger partial charge in [-0.25, -0.2) is 8.78 Å². The number of alkyl halides is 2. The van der Waals surface area contributed by atoms with E-state index < -0.39 is 13.0 Å². The van der Waals surface area contributed by atoms with Crippen LogP contribution in [0.1, 0.15) is 0 Å². The molecule has 0 aliphatic carbocycles. The van der Waals surface area contributed by atoms with Crippen molar-refractivity contribution in [3.8, 4) is 5.75 Å². The highest BCUT2D eigenvalue weighted by atomic mass is 19.3. The molecule has 0 atom stereocenters. The number of rotatable bonds is 5. The van der Waals surface area contributed by atoms with Crippen LogP contribution in [0.3, 0.4) is 0 Å². The second-order valence-corrected chi connectivity index (χ2v) is 2.36. The standard InChI is InChI=1S/C7H10F2N2O2/c8-7(9)5-11-4-6(3-10-11)13-2-1-12/h3-4,7,12H,1-2,5H2. The molecule has 0 saturated heterocycles. The van der Waals surface area contributed by atoms with Crippen LogP contribution in [0.25, 0.3) is 0 Å². The Hall–Kier alpha value is -1.17. The molecule has 1 heterocycles. The van der Waals surface area contributed by atoms with Gasteiger partial charge in [-0.1, -0.05) is 0 Å². The maximum absolute atomic E-state index is 11.8. The molecule has 1 aromatic heterocycles. The lowest BCUT2D eigenvalue weighted by Gasteiger charge is -1.99. The molecular formula is C7H10F2N2O2. The largest absolute Gasteiger partial charge is 0.488 e. The Bertz CT molecular complexity index is 252. The summed E-state index contributed by atoms with van der Waals surface area (Å²) in [6, 6.07) is 0. The number of aliphatic hydroxyl groups is 1. The van der Waals surface area contributed by atoms with E-state index in [1.807, 2.05) is 0 Å². The molecule has 1 N–H and O–H groups in total. The van der Waals surface area contributed by atoms with Gasteiger partial charge in [0, 0.05) is 0 Å². The van der Waals surface area contributed by atoms with Gasteiger partial charge >= 0.3 is 0 Å². The predicted octanol–water partition coefficient (Wildman–Crippen LogP) is 0.519. The second-order valence-electron chi connectivity index (χ2n) is 2.36. The Morgan fingerprint density at radius 2 is 2.38 bits per heavy atom. The molecule has 1 aromatic rings. The average Bonchev–Trinajstić information content (AvgIpc) is 2.48. The predicted molar refractivity (Wildman–Crippen MR) is 40.8 cm³/mol. The number of aromatic nitrogens is 2. The monoisotopic (exact) mass is 192 g/mol. The number of nitrogens with zero attached hydrogens (tertiary/aromatic N) is 2. The average molecular weight is 192 g/mol. The zero-order valence-corrected chi connectivity index (χ0v) is 6.86. The highest BCUT2D eigenvalue weighted by Gasteiger charge is 2.05. The van der Waals surface area contributed by atoms with Crippen molar-refractivity contribution in [1.29, 1.82) is 0 Å². The Morgan fingerprint density at radius 1 is 1.62 bits per heavy atom. The van der Waals surface area contributed by atoms with E-state index in [0.29, 0.717) is 5.75 Å². The highest BCUT2D eigenvalue weighted by Crippen LogP contribution is 2.09. The third-order valence-corrected chi connectivity index (χ3v) is 1.29. The summed E-state index contributed by atoms with van der Waals surface area (Å²) >= 11 is 0. The molecule has 0 aliphatic heterocycles. The van der Waals surface area contributed by atoms with Crippen molar-refractivity contribution in [2.75, 3.05) is 13.2 Å². The normalized spacial score (nSPS) is 10.8. The van der Waals surface area contributed by atoms with Crippen molar-refractivity contribution in [3.05, 3.63) is 12.4 Å². The zero-order chi connectivity index (χ0) is 9.68. The SMILES string of the molecule is OCCOc1cnn(CC(F)F)c1. The molecule has 4 nitrogen and oxygen atoms in total. The Kier molecular flexibility index (Phi) is 3.63. The van der Waals surface area contributed by atoms with Gasteiger partial charge in [0.2, 0.25) is 0 Å². The molecule has 0 amide bonds. The number of hydrogen-bond donors (Lipinski definition) is 1. The molecule has 0 aliphatic rings. The number of aliphatic hydroxyl groups excluding tert-OH is 1. The van der Waals surface area contributed by atoms with Gasteiger partial charge in [-0.3, -0.25) is 4.68 Å². The van der Waals surface area contributed by atoms with Crippen LogP contribution in [0, 0.1) is 0 Å². The first kappa shape index (κ1) is 9.91. The molecule has 0 unspecified atom stereocenters. The summed E-state index contributed by atoms with van der Waals surface area (Å²) in [6.07, 6.45) is 0.269. The van der Waals surface area contributed by atoms with Gasteiger partial charge in [0.1, 0.15) is 13.2 Å². The van der Waals surface area contributed by atoms with Crippen LogP contribution in [-0.2, 0) is 6.54 Å². The first-order valence-corrected chi connectivity index (χ1v) is 3.76. The van der Waals surface area contributed by atoms with Crippen molar-refractivity contribution < 1.29 is 18.6 Å². The highest BCUT2D eigenvalue weighted by molar-refractivity contribution is 5.11. The van der Waals surface area contributed by atoms with Gasteiger partial charge < -0.3 is 9.84 Å². The summed E-state index contributed by atoms with van der Waals surface area (Å²) in [4.78, 5) is 0. The topological polar surface area (TPSA) is 47.3 Å². The maximum atomic E-state index is 11.8. The summed E-state index contributed by atoms with van der Waals surface area (Å²) in [5.74, 6) is 0.384. The van der Waals surface area contributed by atoms with E-state index >= 15 is 0 Å². The minimum absolute atomic E-state index is 0.111. The fourth-order valence-electron chi connectivity index (χ4n) is 0.824. The van der Waals surface area contributed by atoms with Gasteiger partial charge in [0.25, 0.3) is 6.43 Å². The molecular weight excluding hydrogens is 182 g/mol. The lowest BCUT2D eigenvalue weighted by Crippen LogP contribution is -2.06. The number of ether oxygens (including phenoxy) is 1. The Balaban J connectivity index is 2.44. The first-order valence-electron chi connectivity index (χ1n) is 3.76. The van der Waals surface area contributed by atoms with Gasteiger partial charge in [0.15, 0.2) is 5.75 Å². The van der Waals surface area contributed by atoms with E-state index in [2.05, 4.69) is 5.10 Å². The van der Waals surface area contributed by atoms with Crippen molar-refractivity contribution >= 4 is 0 Å². The van der Waals surface area contributed by atoms with Crippen LogP contribution in [0.15, 0.2) is 12.4 Å². The molecule has 13 heavy (non-hydrogen) atoms. The molecule has 0 spiro atoms. The fraction of sp³-hybridized carbons (Fsp3) is 0.571. The van der Waals surface area contributed by atoms with Crippen LogP contribution in [-0.4, -0.2) is 34.5 Å². The molecule has 0 fully saturated rings. The summed E-state index contributed by atoms with van der Waals surface area (Å²) in [7, 11) is 0. The van der Waals surface area contributed by atoms with Crippen molar-refractivity contribution in [2.45, 2.75) is 13.0 Å². The summed E-state index contributed by atoms with van der Waals surface area (Å²) in [5.41, 5.74) is 0. The van der Waals surface area contributed by atoms with E-state index in [-0.39, 0.29) is 13.2 Å². The van der Waals surface area contributed by atoms with E-state index in [9.17, 15) is 8.78 Å². The van der Waals surface area contributed by atoms with E-state index in [4.69, 9.17) is 9.84 Å². The summed E-state index contributed by atoms with van der Waals surface area (Å²) in [6.45, 7) is -0.414. The Morgan fingerprint density at radius 3 is 3.00 bits per heavy atom. The van der Waals surface area contributed by atoms with Crippen molar-refractivity contribution in [3.63, 3.8) is 0 Å². The molecule has 0 bridgehead atoms. The number of hydrogen-bond acceptors (Lipinski definition) is 3. The van der Waals surface area contributed by atoms with E-state index in [1.54, 1.807) is 0 Å². The lowest BCUT2D eigenvalue weighted by molar-refractivity contribution is 0.121. The van der Waals surface area contributed by atoms with Gasteiger partial charge in [0.05, 0.1) is 19.0 Å². The summed E-state index contributed by atoms with van der Waals surface area (Å²) < 4.78 is 29.7. The molecule has 6 heteroatoms. The van der Waals surface area contributed by atoms with Crippen LogP contribution in [0.2, 0.25) is 0 Å². The third-order valence-electron chi connectivity index (χ3n) is 1.29. The van der Waals surface area contributed by atoms with Crippen molar-refractivity contribution in [1.82, 2.24) is 9.78 Å². The molecule has 0 radical (unpaired) electrons. The zero-order valence-electron chi connectivity index (χ0n) is 6.86. The van der Waals surface area contributed by atoms with Crippen LogP contribution < -0.4 is 4.74 Å². The first-order chi connectivity index (χ1) is 6.22.